The molecule has 0 aromatic carbocycles. The summed E-state index contributed by atoms with van der Waals surface area (Å²) < 4.78 is 7.98. The van der Waals surface area contributed by atoms with Crippen LogP contribution in [0.3, 0.4) is 0 Å². The van der Waals surface area contributed by atoms with E-state index in [1.54, 1.807) is 0 Å². The SMILES string of the molecule is OCC1CCc2nnc(CCC3CCCCO3)n2C1. The van der Waals surface area contributed by atoms with Crippen molar-refractivity contribution in [1.82, 2.24) is 14.8 Å². The first-order chi connectivity index (χ1) is 9.36. The molecule has 0 bridgehead atoms. The van der Waals surface area contributed by atoms with Crippen LogP contribution in [0, 0.1) is 5.92 Å². The highest BCUT2D eigenvalue weighted by Crippen LogP contribution is 2.22. The van der Waals surface area contributed by atoms with E-state index in [1.807, 2.05) is 0 Å². The van der Waals surface area contributed by atoms with Crippen LogP contribution in [-0.4, -0.2) is 39.2 Å². The van der Waals surface area contributed by atoms with Crippen molar-refractivity contribution in [2.24, 2.45) is 5.92 Å². The molecule has 3 rings (SSSR count). The number of rotatable bonds is 4. The van der Waals surface area contributed by atoms with Gasteiger partial charge in [-0.15, -0.1) is 10.2 Å². The van der Waals surface area contributed by atoms with E-state index in [9.17, 15) is 5.11 Å². The molecule has 1 aromatic heterocycles. The lowest BCUT2D eigenvalue weighted by atomic mass is 10.00. The molecular formula is C14H23N3O2. The Balaban J connectivity index is 1.60. The van der Waals surface area contributed by atoms with Gasteiger partial charge in [0.05, 0.1) is 6.10 Å². The number of hydrogen-bond acceptors (Lipinski definition) is 4. The van der Waals surface area contributed by atoms with Crippen molar-refractivity contribution in [3.05, 3.63) is 11.6 Å². The summed E-state index contributed by atoms with van der Waals surface area (Å²) in [6.45, 7) is 2.05. The Morgan fingerprint density at radius 2 is 2.21 bits per heavy atom. The number of fused-ring (bicyclic) bond motifs is 1. The highest BCUT2D eigenvalue weighted by Gasteiger charge is 2.23. The monoisotopic (exact) mass is 265 g/mol. The Morgan fingerprint density at radius 1 is 1.26 bits per heavy atom. The summed E-state index contributed by atoms with van der Waals surface area (Å²) in [5.41, 5.74) is 0. The predicted molar refractivity (Wildman–Crippen MR) is 70.8 cm³/mol. The van der Waals surface area contributed by atoms with E-state index >= 15 is 0 Å². The lowest BCUT2D eigenvalue weighted by Gasteiger charge is -2.24. The molecule has 2 aliphatic rings. The molecule has 0 spiro atoms. The minimum atomic E-state index is 0.267. The van der Waals surface area contributed by atoms with Crippen molar-refractivity contribution in [3.8, 4) is 0 Å². The summed E-state index contributed by atoms with van der Waals surface area (Å²) in [4.78, 5) is 0. The third-order valence-corrected chi connectivity index (χ3v) is 4.34. The first kappa shape index (κ1) is 13.1. The summed E-state index contributed by atoms with van der Waals surface area (Å²) in [5.74, 6) is 2.53. The van der Waals surface area contributed by atoms with Crippen LogP contribution in [0.4, 0.5) is 0 Å². The van der Waals surface area contributed by atoms with E-state index in [0.717, 1.165) is 50.5 Å². The van der Waals surface area contributed by atoms with Crippen molar-refractivity contribution in [2.45, 2.75) is 57.6 Å². The maximum Gasteiger partial charge on any atom is 0.133 e. The van der Waals surface area contributed by atoms with Gasteiger partial charge >= 0.3 is 0 Å². The zero-order chi connectivity index (χ0) is 13.1. The number of ether oxygens (including phenoxy) is 1. The van der Waals surface area contributed by atoms with Gasteiger partial charge in [0.1, 0.15) is 11.6 Å². The molecule has 1 aromatic rings. The summed E-state index contributed by atoms with van der Waals surface area (Å²) >= 11 is 0. The van der Waals surface area contributed by atoms with Crippen LogP contribution in [0.2, 0.25) is 0 Å². The van der Waals surface area contributed by atoms with E-state index in [0.29, 0.717) is 12.0 Å². The lowest BCUT2D eigenvalue weighted by molar-refractivity contribution is 0.0110. The van der Waals surface area contributed by atoms with E-state index in [4.69, 9.17) is 4.74 Å². The maximum atomic E-state index is 9.30. The van der Waals surface area contributed by atoms with Gasteiger partial charge in [-0.2, -0.15) is 0 Å². The molecule has 19 heavy (non-hydrogen) atoms. The van der Waals surface area contributed by atoms with Crippen LogP contribution in [0.5, 0.6) is 0 Å². The molecule has 2 aliphatic heterocycles. The molecule has 5 heteroatoms. The van der Waals surface area contributed by atoms with E-state index < -0.39 is 0 Å². The van der Waals surface area contributed by atoms with Crippen LogP contribution in [0.1, 0.15) is 43.8 Å². The Morgan fingerprint density at radius 3 is 3.00 bits per heavy atom. The van der Waals surface area contributed by atoms with Crippen molar-refractivity contribution in [1.29, 1.82) is 0 Å². The summed E-state index contributed by atoms with van der Waals surface area (Å²) in [5, 5.41) is 17.9. The molecule has 0 saturated carbocycles. The first-order valence-electron chi connectivity index (χ1n) is 7.50. The molecule has 0 aliphatic carbocycles. The van der Waals surface area contributed by atoms with E-state index in [2.05, 4.69) is 14.8 Å². The Labute approximate surface area is 114 Å². The molecular weight excluding hydrogens is 242 g/mol. The molecule has 106 valence electrons. The normalized spacial score (nSPS) is 27.2. The van der Waals surface area contributed by atoms with Gasteiger partial charge in [-0.3, -0.25) is 0 Å². The first-order valence-corrected chi connectivity index (χ1v) is 7.50. The largest absolute Gasteiger partial charge is 0.396 e. The molecule has 3 heterocycles. The van der Waals surface area contributed by atoms with E-state index in [1.165, 1.54) is 19.3 Å². The molecule has 2 unspecified atom stereocenters. The van der Waals surface area contributed by atoms with Gasteiger partial charge in [-0.05, 0) is 32.1 Å². The van der Waals surface area contributed by atoms with Crippen molar-refractivity contribution in [3.63, 3.8) is 0 Å². The number of aromatic nitrogens is 3. The Bertz CT molecular complexity index is 413. The van der Waals surface area contributed by atoms with Gasteiger partial charge in [0, 0.05) is 38.5 Å². The second-order valence-electron chi connectivity index (χ2n) is 5.76. The molecule has 2 atom stereocenters. The van der Waals surface area contributed by atoms with E-state index in [-0.39, 0.29) is 6.61 Å². The van der Waals surface area contributed by atoms with Gasteiger partial charge in [0.15, 0.2) is 0 Å². The molecule has 1 N–H and O–H groups in total. The Kier molecular flexibility index (Phi) is 4.13. The average Bonchev–Trinajstić information content (AvgIpc) is 2.88. The molecule has 1 fully saturated rings. The van der Waals surface area contributed by atoms with Gasteiger partial charge < -0.3 is 14.4 Å². The molecule has 5 nitrogen and oxygen atoms in total. The molecule has 0 radical (unpaired) electrons. The standard InChI is InChI=1S/C14H23N3O2/c18-10-11-4-6-13-15-16-14(17(13)9-11)7-5-12-3-1-2-8-19-12/h11-12,18H,1-10H2. The number of aliphatic hydroxyl groups is 1. The number of aliphatic hydroxyl groups excluding tert-OH is 1. The van der Waals surface area contributed by atoms with Crippen molar-refractivity contribution < 1.29 is 9.84 Å². The van der Waals surface area contributed by atoms with Gasteiger partial charge in [-0.25, -0.2) is 0 Å². The quantitative estimate of drug-likeness (QED) is 0.892. The zero-order valence-electron chi connectivity index (χ0n) is 11.4. The van der Waals surface area contributed by atoms with Crippen molar-refractivity contribution in [2.75, 3.05) is 13.2 Å². The highest BCUT2D eigenvalue weighted by atomic mass is 16.5. The second-order valence-corrected chi connectivity index (χ2v) is 5.76. The topological polar surface area (TPSA) is 60.2 Å². The van der Waals surface area contributed by atoms with Gasteiger partial charge in [0.25, 0.3) is 0 Å². The van der Waals surface area contributed by atoms with Crippen LogP contribution < -0.4 is 0 Å². The van der Waals surface area contributed by atoms with Crippen LogP contribution in [0.15, 0.2) is 0 Å². The fourth-order valence-corrected chi connectivity index (χ4v) is 3.11. The van der Waals surface area contributed by atoms with Crippen LogP contribution >= 0.6 is 0 Å². The van der Waals surface area contributed by atoms with Crippen LogP contribution in [-0.2, 0) is 24.1 Å². The smallest absolute Gasteiger partial charge is 0.133 e. The second kappa shape index (κ2) is 6.01. The average molecular weight is 265 g/mol. The van der Waals surface area contributed by atoms with Gasteiger partial charge in [-0.1, -0.05) is 0 Å². The summed E-state index contributed by atoms with van der Waals surface area (Å²) in [7, 11) is 0. The van der Waals surface area contributed by atoms with Crippen molar-refractivity contribution >= 4 is 0 Å². The Hall–Kier alpha value is -0.940. The van der Waals surface area contributed by atoms with Crippen LogP contribution in [0.25, 0.3) is 0 Å². The number of aryl methyl sites for hydroxylation is 2. The third-order valence-electron chi connectivity index (χ3n) is 4.34. The minimum Gasteiger partial charge on any atom is -0.396 e. The summed E-state index contributed by atoms with van der Waals surface area (Å²) in [6, 6.07) is 0. The number of hydrogen-bond donors (Lipinski definition) is 1. The highest BCUT2D eigenvalue weighted by molar-refractivity contribution is 5.00. The fourth-order valence-electron chi connectivity index (χ4n) is 3.11. The molecule has 1 saturated heterocycles. The molecule has 0 amide bonds. The third kappa shape index (κ3) is 2.98. The minimum absolute atomic E-state index is 0.267. The zero-order valence-corrected chi connectivity index (χ0v) is 11.4. The summed E-state index contributed by atoms with van der Waals surface area (Å²) in [6.07, 6.45) is 8.03. The van der Waals surface area contributed by atoms with Gasteiger partial charge in [0.2, 0.25) is 0 Å². The fraction of sp³-hybridized carbons (Fsp3) is 0.857. The number of nitrogens with zero attached hydrogens (tertiary/aromatic N) is 3. The lowest BCUT2D eigenvalue weighted by Crippen LogP contribution is -2.25. The predicted octanol–water partition coefficient (Wildman–Crippen LogP) is 1.33. The maximum absolute atomic E-state index is 9.30.